The summed E-state index contributed by atoms with van der Waals surface area (Å²) in [5.41, 5.74) is 1.10. The Morgan fingerprint density at radius 2 is 2.11 bits per heavy atom. The van der Waals surface area contributed by atoms with Crippen LogP contribution in [0.2, 0.25) is 0 Å². The van der Waals surface area contributed by atoms with E-state index < -0.39 is 5.97 Å². The van der Waals surface area contributed by atoms with Crippen LogP contribution in [0.25, 0.3) is 0 Å². The number of carboxylic acid groups (broad SMARTS) is 1. The molecule has 0 radical (unpaired) electrons. The molecular formula is C14H19NO4. The molecule has 5 nitrogen and oxygen atoms in total. The highest BCUT2D eigenvalue weighted by Gasteiger charge is 2.12. The van der Waals surface area contributed by atoms with Crippen LogP contribution in [0.1, 0.15) is 18.9 Å². The number of hydrogen-bond donors (Lipinski definition) is 2. The molecule has 1 aliphatic heterocycles. The summed E-state index contributed by atoms with van der Waals surface area (Å²) in [7, 11) is 0. The van der Waals surface area contributed by atoms with Gasteiger partial charge in [0.25, 0.3) is 0 Å². The van der Waals surface area contributed by atoms with Crippen molar-refractivity contribution in [3.63, 3.8) is 0 Å². The number of fused-ring (bicyclic) bond motifs is 1. The van der Waals surface area contributed by atoms with E-state index in [0.717, 1.165) is 17.1 Å². The molecular weight excluding hydrogens is 246 g/mol. The van der Waals surface area contributed by atoms with Gasteiger partial charge in [0.1, 0.15) is 13.2 Å². The van der Waals surface area contributed by atoms with Crippen LogP contribution in [-0.2, 0) is 11.3 Å². The fourth-order valence-corrected chi connectivity index (χ4v) is 1.87. The number of rotatable bonds is 6. The Bertz CT molecular complexity index is 447. The zero-order valence-electron chi connectivity index (χ0n) is 11.0. The summed E-state index contributed by atoms with van der Waals surface area (Å²) in [5, 5.41) is 12.0. The van der Waals surface area contributed by atoms with Gasteiger partial charge in [-0.05, 0) is 30.7 Å². The van der Waals surface area contributed by atoms with Gasteiger partial charge >= 0.3 is 5.97 Å². The first kappa shape index (κ1) is 13.7. The first-order valence-corrected chi connectivity index (χ1v) is 6.49. The molecule has 0 saturated heterocycles. The van der Waals surface area contributed by atoms with E-state index in [0.29, 0.717) is 32.7 Å². The van der Waals surface area contributed by atoms with E-state index in [1.807, 2.05) is 18.2 Å². The van der Waals surface area contributed by atoms with Crippen molar-refractivity contribution < 1.29 is 19.4 Å². The molecule has 1 unspecified atom stereocenters. The molecule has 1 atom stereocenters. The predicted octanol–water partition coefficient (Wildman–Crippen LogP) is 1.66. The summed E-state index contributed by atoms with van der Waals surface area (Å²) < 4.78 is 11.0. The molecule has 1 aromatic rings. The van der Waals surface area contributed by atoms with Crippen LogP contribution in [0.4, 0.5) is 0 Å². The minimum atomic E-state index is -0.749. The predicted molar refractivity (Wildman–Crippen MR) is 70.6 cm³/mol. The molecule has 0 spiro atoms. The second-order valence-corrected chi connectivity index (χ2v) is 4.68. The maximum Gasteiger partial charge on any atom is 0.306 e. The highest BCUT2D eigenvalue weighted by molar-refractivity contribution is 5.69. The lowest BCUT2D eigenvalue weighted by Gasteiger charge is -2.19. The highest BCUT2D eigenvalue weighted by Crippen LogP contribution is 2.30. The third-order valence-corrected chi connectivity index (χ3v) is 3.11. The van der Waals surface area contributed by atoms with Crippen molar-refractivity contribution in [3.8, 4) is 11.5 Å². The molecule has 104 valence electrons. The summed E-state index contributed by atoms with van der Waals surface area (Å²) in [5.74, 6) is 0.507. The number of aliphatic carboxylic acids is 1. The van der Waals surface area contributed by atoms with Gasteiger partial charge in [-0.3, -0.25) is 4.79 Å². The van der Waals surface area contributed by atoms with E-state index in [9.17, 15) is 4.79 Å². The molecule has 5 heteroatoms. The Morgan fingerprint density at radius 3 is 2.84 bits per heavy atom. The van der Waals surface area contributed by atoms with Gasteiger partial charge in [-0.25, -0.2) is 0 Å². The topological polar surface area (TPSA) is 67.8 Å². The van der Waals surface area contributed by atoms with E-state index in [2.05, 4.69) is 5.32 Å². The van der Waals surface area contributed by atoms with Crippen molar-refractivity contribution in [1.29, 1.82) is 0 Å². The molecule has 19 heavy (non-hydrogen) atoms. The lowest BCUT2D eigenvalue weighted by atomic mass is 10.1. The average Bonchev–Trinajstić information content (AvgIpc) is 2.43. The fraction of sp³-hybridized carbons (Fsp3) is 0.500. The standard InChI is InChI=1S/C14H19NO4/c1-10(14(16)17)4-5-15-9-11-2-3-12-13(8-11)19-7-6-18-12/h2-3,8,10,15H,4-7,9H2,1H3,(H,16,17). The van der Waals surface area contributed by atoms with Crippen LogP contribution < -0.4 is 14.8 Å². The number of nitrogens with one attached hydrogen (secondary N) is 1. The Morgan fingerprint density at radius 1 is 1.37 bits per heavy atom. The van der Waals surface area contributed by atoms with Gasteiger partial charge in [-0.2, -0.15) is 0 Å². The molecule has 1 aromatic carbocycles. The number of carboxylic acids is 1. The van der Waals surface area contributed by atoms with Gasteiger partial charge in [0.15, 0.2) is 11.5 Å². The van der Waals surface area contributed by atoms with Gasteiger partial charge < -0.3 is 19.9 Å². The molecule has 0 aliphatic carbocycles. The SMILES string of the molecule is CC(CCNCc1ccc2c(c1)OCCO2)C(=O)O. The van der Waals surface area contributed by atoms with Crippen molar-refractivity contribution in [3.05, 3.63) is 23.8 Å². The zero-order chi connectivity index (χ0) is 13.7. The monoisotopic (exact) mass is 265 g/mol. The highest BCUT2D eigenvalue weighted by atomic mass is 16.6. The van der Waals surface area contributed by atoms with E-state index in [-0.39, 0.29) is 5.92 Å². The van der Waals surface area contributed by atoms with Crippen molar-refractivity contribution >= 4 is 5.97 Å². The quantitative estimate of drug-likeness (QED) is 0.766. The Hall–Kier alpha value is -1.75. The number of carbonyl (C=O) groups is 1. The van der Waals surface area contributed by atoms with Crippen molar-refractivity contribution in [2.45, 2.75) is 19.9 Å². The minimum absolute atomic E-state index is 0.312. The summed E-state index contributed by atoms with van der Waals surface area (Å²) in [6.45, 7) is 4.27. The second kappa shape index (κ2) is 6.43. The van der Waals surface area contributed by atoms with Crippen LogP contribution in [0.5, 0.6) is 11.5 Å². The first-order chi connectivity index (χ1) is 9.16. The minimum Gasteiger partial charge on any atom is -0.486 e. The summed E-state index contributed by atoms with van der Waals surface area (Å²) in [4.78, 5) is 10.7. The Kier molecular flexibility index (Phi) is 4.63. The molecule has 0 amide bonds. The molecule has 1 heterocycles. The Labute approximate surface area is 112 Å². The van der Waals surface area contributed by atoms with Crippen LogP contribution in [0.15, 0.2) is 18.2 Å². The van der Waals surface area contributed by atoms with Gasteiger partial charge in [0.2, 0.25) is 0 Å². The van der Waals surface area contributed by atoms with Crippen LogP contribution >= 0.6 is 0 Å². The molecule has 0 fully saturated rings. The third-order valence-electron chi connectivity index (χ3n) is 3.11. The van der Waals surface area contributed by atoms with Crippen LogP contribution in [0.3, 0.4) is 0 Å². The summed E-state index contributed by atoms with van der Waals surface area (Å²) in [6, 6.07) is 5.86. The molecule has 2 rings (SSSR count). The van der Waals surface area contributed by atoms with Crippen molar-refractivity contribution in [1.82, 2.24) is 5.32 Å². The second-order valence-electron chi connectivity index (χ2n) is 4.68. The molecule has 0 aromatic heterocycles. The molecule has 0 bridgehead atoms. The van der Waals surface area contributed by atoms with Crippen molar-refractivity contribution in [2.75, 3.05) is 19.8 Å². The van der Waals surface area contributed by atoms with E-state index in [1.54, 1.807) is 6.92 Å². The molecule has 0 saturated carbocycles. The van der Waals surface area contributed by atoms with Gasteiger partial charge in [-0.15, -0.1) is 0 Å². The summed E-state index contributed by atoms with van der Waals surface area (Å²) in [6.07, 6.45) is 0.625. The largest absolute Gasteiger partial charge is 0.486 e. The maximum atomic E-state index is 10.7. The molecule has 2 N–H and O–H groups in total. The van der Waals surface area contributed by atoms with Gasteiger partial charge in [-0.1, -0.05) is 13.0 Å². The zero-order valence-corrected chi connectivity index (χ0v) is 11.0. The van der Waals surface area contributed by atoms with E-state index >= 15 is 0 Å². The lowest BCUT2D eigenvalue weighted by Crippen LogP contribution is -2.20. The Balaban J connectivity index is 1.78. The van der Waals surface area contributed by atoms with E-state index in [4.69, 9.17) is 14.6 Å². The maximum absolute atomic E-state index is 10.7. The van der Waals surface area contributed by atoms with E-state index in [1.165, 1.54) is 0 Å². The number of ether oxygens (including phenoxy) is 2. The molecule has 1 aliphatic rings. The van der Waals surface area contributed by atoms with Crippen molar-refractivity contribution in [2.24, 2.45) is 5.92 Å². The number of hydrogen-bond acceptors (Lipinski definition) is 4. The van der Waals surface area contributed by atoms with Gasteiger partial charge in [0, 0.05) is 6.54 Å². The average molecular weight is 265 g/mol. The van der Waals surface area contributed by atoms with Crippen LogP contribution in [0, 0.1) is 5.92 Å². The third kappa shape index (κ3) is 3.86. The van der Waals surface area contributed by atoms with Gasteiger partial charge in [0.05, 0.1) is 5.92 Å². The summed E-state index contributed by atoms with van der Waals surface area (Å²) >= 11 is 0. The lowest BCUT2D eigenvalue weighted by molar-refractivity contribution is -0.141. The van der Waals surface area contributed by atoms with Crippen LogP contribution in [-0.4, -0.2) is 30.8 Å². The fourth-order valence-electron chi connectivity index (χ4n) is 1.87. The smallest absolute Gasteiger partial charge is 0.306 e. The first-order valence-electron chi connectivity index (χ1n) is 6.49. The normalized spacial score (nSPS) is 15.0. The number of benzene rings is 1.